The molecule has 9 heavy (non-hydrogen) atoms. The summed E-state index contributed by atoms with van der Waals surface area (Å²) in [5, 5.41) is 6.53. The van der Waals surface area contributed by atoms with Gasteiger partial charge in [0, 0.05) is 18.7 Å². The maximum absolute atomic E-state index is 5.36. The Morgan fingerprint density at radius 3 is 2.67 bits per heavy atom. The molecule has 0 fully saturated rings. The molecule has 50 valence electrons. The van der Waals surface area contributed by atoms with Crippen molar-refractivity contribution in [2.75, 3.05) is 0 Å². The number of hydrogen-bond acceptors (Lipinski definition) is 3. The minimum atomic E-state index is 0.479. The molecule has 0 spiro atoms. The van der Waals surface area contributed by atoms with Gasteiger partial charge < -0.3 is 11.5 Å². The highest BCUT2D eigenvalue weighted by molar-refractivity contribution is 5.14. The molecule has 0 saturated carbocycles. The van der Waals surface area contributed by atoms with Crippen LogP contribution in [-0.2, 0) is 13.1 Å². The van der Waals surface area contributed by atoms with Gasteiger partial charge in [-0.2, -0.15) is 5.10 Å². The summed E-state index contributed by atoms with van der Waals surface area (Å²) in [6.07, 6.45) is 1.70. The van der Waals surface area contributed by atoms with E-state index in [1.165, 1.54) is 0 Å². The molecular formula is C5H10N4. The largest absolute Gasteiger partial charge is 0.326 e. The normalized spacial score (nSPS) is 10.0. The SMILES string of the molecule is NCc1cn[nH]c1CN. The Hall–Kier alpha value is -0.870. The molecule has 0 aliphatic carbocycles. The lowest BCUT2D eigenvalue weighted by Gasteiger charge is -1.92. The highest BCUT2D eigenvalue weighted by Gasteiger charge is 1.97. The summed E-state index contributed by atoms with van der Waals surface area (Å²) >= 11 is 0. The third-order valence-electron chi connectivity index (χ3n) is 1.23. The number of nitrogens with one attached hydrogen (secondary N) is 1. The van der Waals surface area contributed by atoms with Gasteiger partial charge in [-0.15, -0.1) is 0 Å². The van der Waals surface area contributed by atoms with Crippen LogP contribution >= 0.6 is 0 Å². The molecule has 0 atom stereocenters. The van der Waals surface area contributed by atoms with E-state index in [9.17, 15) is 0 Å². The minimum absolute atomic E-state index is 0.479. The molecule has 1 rings (SSSR count). The van der Waals surface area contributed by atoms with Gasteiger partial charge in [0.15, 0.2) is 0 Å². The zero-order valence-electron chi connectivity index (χ0n) is 5.09. The number of H-pyrrole nitrogens is 1. The molecule has 4 heteroatoms. The predicted octanol–water partition coefficient (Wildman–Crippen LogP) is -0.673. The van der Waals surface area contributed by atoms with Crippen molar-refractivity contribution in [2.45, 2.75) is 13.1 Å². The van der Waals surface area contributed by atoms with Crippen LogP contribution in [0, 0.1) is 0 Å². The quantitative estimate of drug-likeness (QED) is 0.491. The maximum Gasteiger partial charge on any atom is 0.0535 e. The van der Waals surface area contributed by atoms with Crippen molar-refractivity contribution >= 4 is 0 Å². The van der Waals surface area contributed by atoms with E-state index in [0.717, 1.165) is 11.3 Å². The molecular weight excluding hydrogens is 116 g/mol. The van der Waals surface area contributed by atoms with Crippen molar-refractivity contribution in [2.24, 2.45) is 11.5 Å². The number of nitrogens with two attached hydrogens (primary N) is 2. The van der Waals surface area contributed by atoms with Crippen molar-refractivity contribution in [3.63, 3.8) is 0 Å². The molecule has 0 unspecified atom stereocenters. The van der Waals surface area contributed by atoms with Crippen LogP contribution < -0.4 is 11.5 Å². The first-order valence-electron chi connectivity index (χ1n) is 2.79. The Morgan fingerprint density at radius 1 is 1.44 bits per heavy atom. The number of rotatable bonds is 2. The molecule has 4 nitrogen and oxygen atoms in total. The Kier molecular flexibility index (Phi) is 1.81. The average molecular weight is 126 g/mol. The van der Waals surface area contributed by atoms with Crippen molar-refractivity contribution in [1.29, 1.82) is 0 Å². The zero-order valence-corrected chi connectivity index (χ0v) is 5.09. The highest BCUT2D eigenvalue weighted by atomic mass is 15.1. The summed E-state index contributed by atoms with van der Waals surface area (Å²) in [5.41, 5.74) is 12.6. The van der Waals surface area contributed by atoms with Crippen molar-refractivity contribution in [3.05, 3.63) is 17.5 Å². The third-order valence-corrected chi connectivity index (χ3v) is 1.23. The average Bonchev–Trinajstić information content (AvgIpc) is 2.33. The zero-order chi connectivity index (χ0) is 6.69. The molecule has 1 heterocycles. The van der Waals surface area contributed by atoms with Crippen LogP contribution in [-0.4, -0.2) is 10.2 Å². The van der Waals surface area contributed by atoms with Crippen LogP contribution in [0.3, 0.4) is 0 Å². The number of hydrogen-bond donors (Lipinski definition) is 3. The van der Waals surface area contributed by atoms with Gasteiger partial charge >= 0.3 is 0 Å². The van der Waals surface area contributed by atoms with Crippen molar-refractivity contribution < 1.29 is 0 Å². The maximum atomic E-state index is 5.36. The molecule has 0 aliphatic rings. The number of aromatic amines is 1. The molecule has 5 N–H and O–H groups in total. The molecule has 1 aromatic rings. The van der Waals surface area contributed by atoms with Crippen molar-refractivity contribution in [1.82, 2.24) is 10.2 Å². The molecule has 0 aromatic carbocycles. The molecule has 0 aliphatic heterocycles. The lowest BCUT2D eigenvalue weighted by molar-refractivity contribution is 0.922. The summed E-state index contributed by atoms with van der Waals surface area (Å²) in [7, 11) is 0. The topological polar surface area (TPSA) is 80.7 Å². The Balaban J connectivity index is 2.85. The second kappa shape index (κ2) is 2.61. The summed E-state index contributed by atoms with van der Waals surface area (Å²) in [6, 6.07) is 0. The highest BCUT2D eigenvalue weighted by Crippen LogP contribution is 2.00. The summed E-state index contributed by atoms with van der Waals surface area (Å²) in [6.45, 7) is 0.982. The van der Waals surface area contributed by atoms with Gasteiger partial charge in [0.05, 0.1) is 11.9 Å². The van der Waals surface area contributed by atoms with Crippen LogP contribution in [0.25, 0.3) is 0 Å². The lowest BCUT2D eigenvalue weighted by Crippen LogP contribution is -2.03. The van der Waals surface area contributed by atoms with E-state index in [0.29, 0.717) is 13.1 Å². The minimum Gasteiger partial charge on any atom is -0.326 e. The van der Waals surface area contributed by atoms with E-state index in [2.05, 4.69) is 10.2 Å². The van der Waals surface area contributed by atoms with Gasteiger partial charge in [-0.3, -0.25) is 5.10 Å². The predicted molar refractivity (Wildman–Crippen MR) is 34.4 cm³/mol. The van der Waals surface area contributed by atoms with E-state index < -0.39 is 0 Å². The van der Waals surface area contributed by atoms with E-state index >= 15 is 0 Å². The smallest absolute Gasteiger partial charge is 0.0535 e. The molecule has 0 bridgehead atoms. The molecule has 1 aromatic heterocycles. The van der Waals surface area contributed by atoms with E-state index in [1.54, 1.807) is 6.20 Å². The van der Waals surface area contributed by atoms with Gasteiger partial charge in [0.25, 0.3) is 0 Å². The fraction of sp³-hybridized carbons (Fsp3) is 0.400. The Bertz CT molecular complexity index is 162. The van der Waals surface area contributed by atoms with Crippen LogP contribution in [0.15, 0.2) is 6.20 Å². The van der Waals surface area contributed by atoms with Crippen LogP contribution in [0.2, 0.25) is 0 Å². The first-order valence-corrected chi connectivity index (χ1v) is 2.79. The summed E-state index contributed by atoms with van der Waals surface area (Å²) in [5.74, 6) is 0. The Labute approximate surface area is 53.2 Å². The lowest BCUT2D eigenvalue weighted by atomic mass is 10.2. The van der Waals surface area contributed by atoms with E-state index in [4.69, 9.17) is 11.5 Å². The monoisotopic (exact) mass is 126 g/mol. The van der Waals surface area contributed by atoms with Gasteiger partial charge in [-0.1, -0.05) is 0 Å². The van der Waals surface area contributed by atoms with Crippen LogP contribution in [0.1, 0.15) is 11.3 Å². The fourth-order valence-electron chi connectivity index (χ4n) is 0.690. The molecule has 0 amide bonds. The summed E-state index contributed by atoms with van der Waals surface area (Å²) in [4.78, 5) is 0. The van der Waals surface area contributed by atoms with E-state index in [-0.39, 0.29) is 0 Å². The van der Waals surface area contributed by atoms with E-state index in [1.807, 2.05) is 0 Å². The van der Waals surface area contributed by atoms with Gasteiger partial charge in [-0.25, -0.2) is 0 Å². The second-order valence-electron chi connectivity index (χ2n) is 1.78. The van der Waals surface area contributed by atoms with Gasteiger partial charge in [-0.05, 0) is 0 Å². The molecule has 0 saturated heterocycles. The number of nitrogens with zero attached hydrogens (tertiary/aromatic N) is 1. The van der Waals surface area contributed by atoms with Crippen LogP contribution in [0.5, 0.6) is 0 Å². The number of aromatic nitrogens is 2. The first-order chi connectivity index (χ1) is 4.38. The second-order valence-corrected chi connectivity index (χ2v) is 1.78. The fourth-order valence-corrected chi connectivity index (χ4v) is 0.690. The third kappa shape index (κ3) is 1.09. The van der Waals surface area contributed by atoms with Crippen LogP contribution in [0.4, 0.5) is 0 Å². The van der Waals surface area contributed by atoms with Gasteiger partial charge in [0.2, 0.25) is 0 Å². The standard InChI is InChI=1S/C5H10N4/c6-1-4-3-8-9-5(4)2-7/h3H,1-2,6-7H2,(H,8,9). The summed E-state index contributed by atoms with van der Waals surface area (Å²) < 4.78 is 0. The van der Waals surface area contributed by atoms with Crippen molar-refractivity contribution in [3.8, 4) is 0 Å². The molecule has 0 radical (unpaired) electrons. The first kappa shape index (κ1) is 6.25. The Morgan fingerprint density at radius 2 is 2.22 bits per heavy atom. The van der Waals surface area contributed by atoms with Gasteiger partial charge in [0.1, 0.15) is 0 Å².